The third-order valence-electron chi connectivity index (χ3n) is 3.60. The SMILES string of the molecule is CN(C(=O)Cc1ccccc1F)C(CN)C1CC1. The first-order chi connectivity index (χ1) is 8.63. The molecule has 1 unspecified atom stereocenters. The van der Waals surface area contributed by atoms with Gasteiger partial charge in [0.15, 0.2) is 0 Å². The fraction of sp³-hybridized carbons (Fsp3) is 0.500. The van der Waals surface area contributed by atoms with Crippen LogP contribution < -0.4 is 5.73 Å². The predicted molar refractivity (Wildman–Crippen MR) is 68.4 cm³/mol. The first kappa shape index (κ1) is 13.0. The monoisotopic (exact) mass is 250 g/mol. The summed E-state index contributed by atoms with van der Waals surface area (Å²) in [5.74, 6) is 0.141. The fourth-order valence-corrected chi connectivity index (χ4v) is 2.26. The number of likely N-dealkylation sites (N-methyl/N-ethyl adjacent to an activating group) is 1. The highest BCUT2D eigenvalue weighted by Crippen LogP contribution is 2.34. The van der Waals surface area contributed by atoms with Gasteiger partial charge in [-0.15, -0.1) is 0 Å². The molecule has 0 radical (unpaired) electrons. The van der Waals surface area contributed by atoms with Crippen LogP contribution in [0.15, 0.2) is 24.3 Å². The van der Waals surface area contributed by atoms with Gasteiger partial charge in [0, 0.05) is 19.6 Å². The molecule has 2 rings (SSSR count). The molecule has 18 heavy (non-hydrogen) atoms. The van der Waals surface area contributed by atoms with Gasteiger partial charge in [-0.1, -0.05) is 18.2 Å². The van der Waals surface area contributed by atoms with Crippen LogP contribution in [-0.4, -0.2) is 30.4 Å². The molecule has 1 aliphatic carbocycles. The minimum atomic E-state index is -0.324. The van der Waals surface area contributed by atoms with Crippen molar-refractivity contribution in [1.82, 2.24) is 4.90 Å². The summed E-state index contributed by atoms with van der Waals surface area (Å²) in [5.41, 5.74) is 6.15. The molecule has 0 bridgehead atoms. The number of benzene rings is 1. The summed E-state index contributed by atoms with van der Waals surface area (Å²) in [6.07, 6.45) is 2.38. The number of hydrogen-bond acceptors (Lipinski definition) is 2. The third kappa shape index (κ3) is 2.88. The molecule has 1 aromatic rings. The van der Waals surface area contributed by atoms with Crippen LogP contribution in [0.2, 0.25) is 0 Å². The second-order valence-corrected chi connectivity index (χ2v) is 4.91. The second kappa shape index (κ2) is 5.48. The van der Waals surface area contributed by atoms with Gasteiger partial charge in [0.2, 0.25) is 5.91 Å². The average molecular weight is 250 g/mol. The highest BCUT2D eigenvalue weighted by atomic mass is 19.1. The van der Waals surface area contributed by atoms with E-state index in [-0.39, 0.29) is 24.2 Å². The fourth-order valence-electron chi connectivity index (χ4n) is 2.26. The van der Waals surface area contributed by atoms with Gasteiger partial charge in [0.25, 0.3) is 0 Å². The van der Waals surface area contributed by atoms with Gasteiger partial charge in [-0.2, -0.15) is 0 Å². The summed E-state index contributed by atoms with van der Waals surface area (Å²) in [6.45, 7) is 0.476. The van der Waals surface area contributed by atoms with E-state index in [0.717, 1.165) is 12.8 Å². The first-order valence-corrected chi connectivity index (χ1v) is 6.32. The number of halogens is 1. The summed E-state index contributed by atoms with van der Waals surface area (Å²) in [4.78, 5) is 13.8. The standard InChI is InChI=1S/C14H19FN2O/c1-17(13(9-16)10-6-7-10)14(18)8-11-4-2-3-5-12(11)15/h2-5,10,13H,6-9,16H2,1H3. The maximum Gasteiger partial charge on any atom is 0.227 e. The molecule has 1 atom stereocenters. The second-order valence-electron chi connectivity index (χ2n) is 4.91. The molecule has 4 heteroatoms. The smallest absolute Gasteiger partial charge is 0.227 e. The minimum absolute atomic E-state index is 0.0672. The molecule has 3 nitrogen and oxygen atoms in total. The molecule has 0 aromatic heterocycles. The summed E-state index contributed by atoms with van der Waals surface area (Å²) in [5, 5.41) is 0. The summed E-state index contributed by atoms with van der Waals surface area (Å²) < 4.78 is 13.5. The lowest BCUT2D eigenvalue weighted by atomic mass is 10.1. The number of hydrogen-bond donors (Lipinski definition) is 1. The van der Waals surface area contributed by atoms with Gasteiger partial charge < -0.3 is 10.6 Å². The van der Waals surface area contributed by atoms with Gasteiger partial charge in [-0.3, -0.25) is 4.79 Å². The number of amides is 1. The van der Waals surface area contributed by atoms with Crippen molar-refractivity contribution in [2.75, 3.05) is 13.6 Å². The van der Waals surface area contributed by atoms with E-state index in [1.54, 1.807) is 30.1 Å². The van der Waals surface area contributed by atoms with E-state index in [0.29, 0.717) is 18.0 Å². The Morgan fingerprint density at radius 3 is 2.72 bits per heavy atom. The van der Waals surface area contributed by atoms with E-state index >= 15 is 0 Å². The Labute approximate surface area is 107 Å². The number of nitrogens with two attached hydrogens (primary N) is 1. The van der Waals surface area contributed by atoms with Crippen LogP contribution in [0.5, 0.6) is 0 Å². The Morgan fingerprint density at radius 2 is 2.17 bits per heavy atom. The number of carbonyl (C=O) groups is 1. The van der Waals surface area contributed by atoms with Crippen molar-refractivity contribution in [2.45, 2.75) is 25.3 Å². The first-order valence-electron chi connectivity index (χ1n) is 6.32. The molecule has 0 aliphatic heterocycles. The highest BCUT2D eigenvalue weighted by molar-refractivity contribution is 5.79. The van der Waals surface area contributed by atoms with Crippen LogP contribution in [-0.2, 0) is 11.2 Å². The maximum atomic E-state index is 13.5. The van der Waals surface area contributed by atoms with Gasteiger partial charge in [0.1, 0.15) is 5.82 Å². The topological polar surface area (TPSA) is 46.3 Å². The quantitative estimate of drug-likeness (QED) is 0.862. The largest absolute Gasteiger partial charge is 0.341 e. The van der Waals surface area contributed by atoms with Gasteiger partial charge >= 0.3 is 0 Å². The zero-order valence-corrected chi connectivity index (χ0v) is 10.6. The van der Waals surface area contributed by atoms with E-state index in [4.69, 9.17) is 5.73 Å². The summed E-state index contributed by atoms with van der Waals surface area (Å²) in [6, 6.07) is 6.50. The Balaban J connectivity index is 2.00. The molecule has 0 saturated heterocycles. The predicted octanol–water partition coefficient (Wildman–Crippen LogP) is 1.56. The molecule has 0 spiro atoms. The molecule has 1 amide bonds. The van der Waals surface area contributed by atoms with E-state index < -0.39 is 0 Å². The lowest BCUT2D eigenvalue weighted by Gasteiger charge is -2.27. The highest BCUT2D eigenvalue weighted by Gasteiger charge is 2.34. The normalized spacial score (nSPS) is 16.4. The van der Waals surface area contributed by atoms with Crippen molar-refractivity contribution < 1.29 is 9.18 Å². The van der Waals surface area contributed by atoms with Crippen LogP contribution in [0.25, 0.3) is 0 Å². The molecule has 98 valence electrons. The lowest BCUT2D eigenvalue weighted by molar-refractivity contribution is -0.131. The summed E-state index contributed by atoms with van der Waals surface area (Å²) >= 11 is 0. The van der Waals surface area contributed by atoms with Crippen molar-refractivity contribution in [3.05, 3.63) is 35.6 Å². The van der Waals surface area contributed by atoms with Gasteiger partial charge in [0.05, 0.1) is 6.42 Å². The zero-order chi connectivity index (χ0) is 13.1. The molecule has 2 N–H and O–H groups in total. The lowest BCUT2D eigenvalue weighted by Crippen LogP contribution is -2.44. The Bertz CT molecular complexity index is 432. The Morgan fingerprint density at radius 1 is 1.50 bits per heavy atom. The Kier molecular flexibility index (Phi) is 3.97. The number of nitrogens with zero attached hydrogens (tertiary/aromatic N) is 1. The van der Waals surface area contributed by atoms with Crippen molar-refractivity contribution >= 4 is 5.91 Å². The van der Waals surface area contributed by atoms with Crippen LogP contribution in [0.3, 0.4) is 0 Å². The zero-order valence-electron chi connectivity index (χ0n) is 10.6. The summed E-state index contributed by atoms with van der Waals surface area (Å²) in [7, 11) is 1.76. The van der Waals surface area contributed by atoms with E-state index in [2.05, 4.69) is 0 Å². The maximum absolute atomic E-state index is 13.5. The average Bonchev–Trinajstić information content (AvgIpc) is 3.17. The van der Waals surface area contributed by atoms with Crippen molar-refractivity contribution in [3.8, 4) is 0 Å². The number of carbonyl (C=O) groups excluding carboxylic acids is 1. The van der Waals surface area contributed by atoms with Crippen molar-refractivity contribution in [3.63, 3.8) is 0 Å². The van der Waals surface area contributed by atoms with Gasteiger partial charge in [-0.05, 0) is 30.4 Å². The molecule has 1 fully saturated rings. The third-order valence-corrected chi connectivity index (χ3v) is 3.60. The Hall–Kier alpha value is -1.42. The number of rotatable bonds is 5. The van der Waals surface area contributed by atoms with Crippen molar-refractivity contribution in [2.24, 2.45) is 11.7 Å². The van der Waals surface area contributed by atoms with Crippen LogP contribution in [0, 0.1) is 11.7 Å². The van der Waals surface area contributed by atoms with E-state index in [1.165, 1.54) is 6.07 Å². The molecule has 1 aromatic carbocycles. The minimum Gasteiger partial charge on any atom is -0.341 e. The van der Waals surface area contributed by atoms with E-state index in [9.17, 15) is 9.18 Å². The van der Waals surface area contributed by atoms with Gasteiger partial charge in [-0.25, -0.2) is 4.39 Å². The van der Waals surface area contributed by atoms with Crippen LogP contribution in [0.1, 0.15) is 18.4 Å². The molecule has 1 saturated carbocycles. The molecule has 0 heterocycles. The van der Waals surface area contributed by atoms with E-state index in [1.807, 2.05) is 0 Å². The van der Waals surface area contributed by atoms with Crippen LogP contribution in [0.4, 0.5) is 4.39 Å². The molecular weight excluding hydrogens is 231 g/mol. The van der Waals surface area contributed by atoms with Crippen molar-refractivity contribution in [1.29, 1.82) is 0 Å². The molecule has 1 aliphatic rings. The van der Waals surface area contributed by atoms with Crippen LogP contribution >= 0.6 is 0 Å². The molecular formula is C14H19FN2O.